The van der Waals surface area contributed by atoms with Crippen LogP contribution in [-0.2, 0) is 4.79 Å². The second-order valence-corrected chi connectivity index (χ2v) is 5.74. The lowest BCUT2D eigenvalue weighted by Gasteiger charge is -2.40. The van der Waals surface area contributed by atoms with Crippen molar-refractivity contribution < 1.29 is 9.59 Å². The molecule has 0 saturated carbocycles. The van der Waals surface area contributed by atoms with Crippen LogP contribution in [0.5, 0.6) is 0 Å². The SMILES string of the molecule is O=C(c1cnccn1)N1CC(C(=O)N2CCCCCC2)C1. The van der Waals surface area contributed by atoms with Crippen molar-refractivity contribution in [3.63, 3.8) is 0 Å². The first-order valence-corrected chi connectivity index (χ1v) is 7.60. The Morgan fingerprint density at radius 3 is 2.33 bits per heavy atom. The van der Waals surface area contributed by atoms with Gasteiger partial charge >= 0.3 is 0 Å². The molecule has 6 nitrogen and oxygen atoms in total. The van der Waals surface area contributed by atoms with E-state index >= 15 is 0 Å². The number of nitrogens with zero attached hydrogens (tertiary/aromatic N) is 4. The van der Waals surface area contributed by atoms with Crippen molar-refractivity contribution >= 4 is 11.8 Å². The fourth-order valence-electron chi connectivity index (χ4n) is 2.92. The summed E-state index contributed by atoms with van der Waals surface area (Å²) in [5.41, 5.74) is 0.346. The van der Waals surface area contributed by atoms with Crippen molar-refractivity contribution in [3.05, 3.63) is 24.3 Å². The van der Waals surface area contributed by atoms with Crippen LogP contribution in [-0.4, -0.2) is 57.8 Å². The quantitative estimate of drug-likeness (QED) is 0.812. The van der Waals surface area contributed by atoms with Crippen molar-refractivity contribution in [2.45, 2.75) is 25.7 Å². The van der Waals surface area contributed by atoms with Gasteiger partial charge < -0.3 is 9.80 Å². The number of amides is 2. The van der Waals surface area contributed by atoms with Crippen LogP contribution in [0.15, 0.2) is 18.6 Å². The summed E-state index contributed by atoms with van der Waals surface area (Å²) in [6, 6.07) is 0. The van der Waals surface area contributed by atoms with Gasteiger partial charge in [0.15, 0.2) is 0 Å². The van der Waals surface area contributed by atoms with E-state index in [1.807, 2.05) is 4.90 Å². The van der Waals surface area contributed by atoms with Gasteiger partial charge in [0.05, 0.1) is 12.1 Å². The van der Waals surface area contributed by atoms with Gasteiger partial charge in [0, 0.05) is 38.6 Å². The molecule has 21 heavy (non-hydrogen) atoms. The molecule has 0 bridgehead atoms. The molecule has 112 valence electrons. The molecule has 0 spiro atoms. The number of aromatic nitrogens is 2. The highest BCUT2D eigenvalue weighted by molar-refractivity contribution is 5.94. The Bertz CT molecular complexity index is 506. The van der Waals surface area contributed by atoms with Crippen LogP contribution < -0.4 is 0 Å². The fourth-order valence-corrected chi connectivity index (χ4v) is 2.92. The lowest BCUT2D eigenvalue weighted by molar-refractivity contribution is -0.139. The van der Waals surface area contributed by atoms with Crippen molar-refractivity contribution in [3.8, 4) is 0 Å². The van der Waals surface area contributed by atoms with E-state index in [0.717, 1.165) is 25.9 Å². The highest BCUT2D eigenvalue weighted by Crippen LogP contribution is 2.21. The van der Waals surface area contributed by atoms with Crippen molar-refractivity contribution in [2.24, 2.45) is 5.92 Å². The maximum absolute atomic E-state index is 12.4. The first-order valence-electron chi connectivity index (χ1n) is 7.60. The first kappa shape index (κ1) is 14.0. The predicted molar refractivity (Wildman–Crippen MR) is 76.5 cm³/mol. The molecule has 0 N–H and O–H groups in total. The molecule has 2 aliphatic heterocycles. The third-order valence-electron chi connectivity index (χ3n) is 4.22. The summed E-state index contributed by atoms with van der Waals surface area (Å²) in [7, 11) is 0. The molecule has 2 fully saturated rings. The molecule has 0 atom stereocenters. The Morgan fingerprint density at radius 2 is 1.71 bits per heavy atom. The molecule has 0 aromatic carbocycles. The van der Waals surface area contributed by atoms with Crippen LogP contribution in [0, 0.1) is 5.92 Å². The molecule has 0 aliphatic carbocycles. The van der Waals surface area contributed by atoms with E-state index in [0.29, 0.717) is 18.8 Å². The fraction of sp³-hybridized carbons (Fsp3) is 0.600. The summed E-state index contributed by atoms with van der Waals surface area (Å²) in [5.74, 6) is 0.0341. The highest BCUT2D eigenvalue weighted by atomic mass is 16.2. The minimum atomic E-state index is -0.136. The summed E-state index contributed by atoms with van der Waals surface area (Å²) >= 11 is 0. The normalized spacial score (nSPS) is 19.8. The lowest BCUT2D eigenvalue weighted by atomic mass is 9.97. The van der Waals surface area contributed by atoms with E-state index in [9.17, 15) is 9.59 Å². The largest absolute Gasteiger partial charge is 0.342 e. The predicted octanol–water partition coefficient (Wildman–Crippen LogP) is 0.951. The molecule has 2 saturated heterocycles. The van der Waals surface area contributed by atoms with Gasteiger partial charge in [0.1, 0.15) is 5.69 Å². The Balaban J connectivity index is 1.53. The number of carbonyl (C=O) groups excluding carboxylic acids is 2. The molecule has 6 heteroatoms. The van der Waals surface area contributed by atoms with Gasteiger partial charge in [-0.1, -0.05) is 12.8 Å². The molecule has 2 amide bonds. The Hall–Kier alpha value is -1.98. The second kappa shape index (κ2) is 6.20. The lowest BCUT2D eigenvalue weighted by Crippen LogP contribution is -2.56. The average Bonchev–Trinajstić information content (AvgIpc) is 2.75. The molecular weight excluding hydrogens is 268 g/mol. The number of hydrogen-bond acceptors (Lipinski definition) is 4. The zero-order valence-corrected chi connectivity index (χ0v) is 12.1. The molecule has 1 aromatic rings. The maximum atomic E-state index is 12.4. The van der Waals surface area contributed by atoms with Crippen LogP contribution in [0.25, 0.3) is 0 Å². The third-order valence-corrected chi connectivity index (χ3v) is 4.22. The zero-order chi connectivity index (χ0) is 14.7. The number of carbonyl (C=O) groups is 2. The van der Waals surface area contributed by atoms with Crippen molar-refractivity contribution in [2.75, 3.05) is 26.2 Å². The van der Waals surface area contributed by atoms with E-state index in [2.05, 4.69) is 9.97 Å². The van der Waals surface area contributed by atoms with Crippen molar-refractivity contribution in [1.82, 2.24) is 19.8 Å². The summed E-state index contributed by atoms with van der Waals surface area (Å²) in [5, 5.41) is 0. The molecule has 3 heterocycles. The third kappa shape index (κ3) is 3.04. The van der Waals surface area contributed by atoms with Gasteiger partial charge in [0.25, 0.3) is 5.91 Å². The molecular formula is C15H20N4O2. The van der Waals surface area contributed by atoms with Gasteiger partial charge in [0.2, 0.25) is 5.91 Å². The maximum Gasteiger partial charge on any atom is 0.274 e. The highest BCUT2D eigenvalue weighted by Gasteiger charge is 2.38. The second-order valence-electron chi connectivity index (χ2n) is 5.74. The van der Waals surface area contributed by atoms with Gasteiger partial charge in [-0.05, 0) is 12.8 Å². The molecule has 1 aromatic heterocycles. The van der Waals surface area contributed by atoms with E-state index in [4.69, 9.17) is 0 Å². The van der Waals surface area contributed by atoms with E-state index in [-0.39, 0.29) is 17.7 Å². The van der Waals surface area contributed by atoms with Gasteiger partial charge in [-0.15, -0.1) is 0 Å². The van der Waals surface area contributed by atoms with Crippen LogP contribution in [0.4, 0.5) is 0 Å². The number of hydrogen-bond donors (Lipinski definition) is 0. The number of likely N-dealkylation sites (tertiary alicyclic amines) is 2. The molecule has 3 rings (SSSR count). The summed E-state index contributed by atoms with van der Waals surface area (Å²) < 4.78 is 0. The number of rotatable bonds is 2. The summed E-state index contributed by atoms with van der Waals surface area (Å²) in [4.78, 5) is 36.1. The summed E-state index contributed by atoms with van der Waals surface area (Å²) in [6.07, 6.45) is 9.14. The minimum absolute atomic E-state index is 0.0382. The minimum Gasteiger partial charge on any atom is -0.342 e. The molecule has 0 radical (unpaired) electrons. The smallest absolute Gasteiger partial charge is 0.274 e. The summed E-state index contributed by atoms with van der Waals surface area (Å²) in [6.45, 7) is 2.75. The Morgan fingerprint density at radius 1 is 1.00 bits per heavy atom. The van der Waals surface area contributed by atoms with E-state index < -0.39 is 0 Å². The Labute approximate surface area is 124 Å². The van der Waals surface area contributed by atoms with Gasteiger partial charge in [-0.2, -0.15) is 0 Å². The first-order chi connectivity index (χ1) is 10.3. The van der Waals surface area contributed by atoms with E-state index in [1.54, 1.807) is 11.1 Å². The Kier molecular flexibility index (Phi) is 4.13. The topological polar surface area (TPSA) is 66.4 Å². The van der Waals surface area contributed by atoms with Crippen LogP contribution >= 0.6 is 0 Å². The monoisotopic (exact) mass is 288 g/mol. The zero-order valence-electron chi connectivity index (χ0n) is 12.1. The van der Waals surface area contributed by atoms with Crippen molar-refractivity contribution in [1.29, 1.82) is 0 Å². The van der Waals surface area contributed by atoms with E-state index in [1.165, 1.54) is 25.2 Å². The van der Waals surface area contributed by atoms with Gasteiger partial charge in [-0.3, -0.25) is 14.6 Å². The van der Waals surface area contributed by atoms with Crippen LogP contribution in [0.3, 0.4) is 0 Å². The average molecular weight is 288 g/mol. The molecule has 0 unspecified atom stereocenters. The van der Waals surface area contributed by atoms with Crippen LogP contribution in [0.1, 0.15) is 36.2 Å². The standard InChI is InChI=1S/C15H20N4O2/c20-14(18-7-3-1-2-4-8-18)12-10-19(11-12)15(21)13-9-16-5-6-17-13/h5-6,9,12H,1-4,7-8,10-11H2. The van der Waals surface area contributed by atoms with Crippen LogP contribution in [0.2, 0.25) is 0 Å². The molecule has 2 aliphatic rings. The van der Waals surface area contributed by atoms with Gasteiger partial charge in [-0.25, -0.2) is 4.98 Å².